The molecule has 0 saturated carbocycles. The van der Waals surface area contributed by atoms with Crippen molar-refractivity contribution in [3.05, 3.63) is 51.5 Å². The Morgan fingerprint density at radius 3 is 2.64 bits per heavy atom. The number of nitrogens with one attached hydrogen (secondary N) is 1. The standard InChI is InChI=1S/C18H19N3O3S/c1-9-6-5-7-12(10(9)2)15(18(23)24)19-16(22)14-8-13-11(3)20-21(4)17(13)25-14/h5-8,15H,1-4H3,(H,19,22)(H,23,24). The third kappa shape index (κ3) is 3.02. The van der Waals surface area contributed by atoms with E-state index in [2.05, 4.69) is 10.4 Å². The summed E-state index contributed by atoms with van der Waals surface area (Å²) in [6.07, 6.45) is 0. The number of amides is 1. The summed E-state index contributed by atoms with van der Waals surface area (Å²) in [4.78, 5) is 25.7. The minimum absolute atomic E-state index is 0.395. The summed E-state index contributed by atoms with van der Waals surface area (Å²) in [5.41, 5.74) is 3.30. The Morgan fingerprint density at radius 1 is 1.28 bits per heavy atom. The quantitative estimate of drug-likeness (QED) is 0.751. The van der Waals surface area contributed by atoms with Gasteiger partial charge in [0.25, 0.3) is 5.91 Å². The number of benzene rings is 1. The van der Waals surface area contributed by atoms with Crippen LogP contribution in [-0.4, -0.2) is 26.8 Å². The normalized spacial score (nSPS) is 12.3. The number of carboxylic acid groups (broad SMARTS) is 1. The lowest BCUT2D eigenvalue weighted by Gasteiger charge is -2.17. The minimum atomic E-state index is -1.09. The molecule has 0 fully saturated rings. The summed E-state index contributed by atoms with van der Waals surface area (Å²) in [6, 6.07) is 6.13. The third-order valence-corrected chi connectivity index (χ3v) is 5.60. The van der Waals surface area contributed by atoms with Crippen molar-refractivity contribution in [3.8, 4) is 0 Å². The van der Waals surface area contributed by atoms with Gasteiger partial charge >= 0.3 is 5.97 Å². The average Bonchev–Trinajstić information content (AvgIpc) is 3.10. The first-order valence-corrected chi connectivity index (χ1v) is 8.64. The second-order valence-corrected chi connectivity index (χ2v) is 7.10. The van der Waals surface area contributed by atoms with Crippen LogP contribution in [0.2, 0.25) is 0 Å². The van der Waals surface area contributed by atoms with Crippen LogP contribution in [0.1, 0.15) is 38.1 Å². The fourth-order valence-electron chi connectivity index (χ4n) is 2.88. The molecule has 2 heterocycles. The van der Waals surface area contributed by atoms with Crippen LogP contribution in [0.4, 0.5) is 0 Å². The summed E-state index contributed by atoms with van der Waals surface area (Å²) >= 11 is 1.30. The van der Waals surface area contributed by atoms with Gasteiger partial charge in [0.2, 0.25) is 0 Å². The Hall–Kier alpha value is -2.67. The molecule has 7 heteroatoms. The van der Waals surface area contributed by atoms with Crippen LogP contribution in [-0.2, 0) is 11.8 Å². The van der Waals surface area contributed by atoms with Gasteiger partial charge in [-0.05, 0) is 43.5 Å². The Labute approximate surface area is 149 Å². The van der Waals surface area contributed by atoms with E-state index in [0.717, 1.165) is 27.0 Å². The fourth-order valence-corrected chi connectivity index (χ4v) is 3.90. The van der Waals surface area contributed by atoms with Gasteiger partial charge < -0.3 is 10.4 Å². The van der Waals surface area contributed by atoms with E-state index in [-0.39, 0.29) is 0 Å². The van der Waals surface area contributed by atoms with Gasteiger partial charge in [0, 0.05) is 12.4 Å². The first kappa shape index (κ1) is 17.2. The van der Waals surface area contributed by atoms with Gasteiger partial charge in [-0.1, -0.05) is 18.2 Å². The number of aryl methyl sites for hydroxylation is 3. The van der Waals surface area contributed by atoms with Crippen molar-refractivity contribution in [2.24, 2.45) is 7.05 Å². The Kier molecular flexibility index (Phi) is 4.34. The molecular formula is C18H19N3O3S. The molecule has 0 radical (unpaired) electrons. The molecule has 0 aliphatic rings. The molecule has 0 spiro atoms. The van der Waals surface area contributed by atoms with E-state index in [1.165, 1.54) is 11.3 Å². The van der Waals surface area contributed by atoms with Gasteiger partial charge in [0.1, 0.15) is 4.83 Å². The van der Waals surface area contributed by atoms with E-state index in [1.807, 2.05) is 33.9 Å². The van der Waals surface area contributed by atoms with Crippen LogP contribution < -0.4 is 5.32 Å². The predicted octanol–water partition coefficient (Wildman–Crippen LogP) is 3.12. The van der Waals surface area contributed by atoms with Crippen LogP contribution in [0.3, 0.4) is 0 Å². The summed E-state index contributed by atoms with van der Waals surface area (Å²) < 4.78 is 1.73. The van der Waals surface area contributed by atoms with E-state index < -0.39 is 17.9 Å². The highest BCUT2D eigenvalue weighted by Gasteiger charge is 2.26. The molecule has 0 aliphatic heterocycles. The van der Waals surface area contributed by atoms with E-state index in [4.69, 9.17) is 0 Å². The van der Waals surface area contributed by atoms with E-state index in [9.17, 15) is 14.7 Å². The lowest BCUT2D eigenvalue weighted by Crippen LogP contribution is -2.33. The molecule has 6 nitrogen and oxygen atoms in total. The zero-order valence-corrected chi connectivity index (χ0v) is 15.3. The molecule has 0 saturated heterocycles. The Balaban J connectivity index is 1.94. The summed E-state index contributed by atoms with van der Waals surface area (Å²) in [5.74, 6) is -1.48. The summed E-state index contributed by atoms with van der Waals surface area (Å²) in [5, 5.41) is 17.5. The fraction of sp³-hybridized carbons (Fsp3) is 0.278. The van der Waals surface area contributed by atoms with Crippen molar-refractivity contribution in [3.63, 3.8) is 0 Å². The highest BCUT2D eigenvalue weighted by Crippen LogP contribution is 2.28. The van der Waals surface area contributed by atoms with E-state index >= 15 is 0 Å². The van der Waals surface area contributed by atoms with Gasteiger partial charge in [0.05, 0.1) is 10.6 Å². The van der Waals surface area contributed by atoms with Crippen molar-refractivity contribution in [2.45, 2.75) is 26.8 Å². The molecule has 3 aromatic rings. The molecule has 0 aliphatic carbocycles. The number of aliphatic carboxylic acids is 1. The molecule has 1 aromatic carbocycles. The maximum absolute atomic E-state index is 12.6. The number of carboxylic acids is 1. The van der Waals surface area contributed by atoms with Crippen LogP contribution in [0.5, 0.6) is 0 Å². The van der Waals surface area contributed by atoms with Crippen LogP contribution in [0.25, 0.3) is 10.2 Å². The molecule has 1 amide bonds. The van der Waals surface area contributed by atoms with E-state index in [1.54, 1.807) is 22.9 Å². The van der Waals surface area contributed by atoms with E-state index in [0.29, 0.717) is 10.4 Å². The maximum atomic E-state index is 12.6. The summed E-state index contributed by atoms with van der Waals surface area (Å²) in [6.45, 7) is 5.66. The number of hydrogen-bond donors (Lipinski definition) is 2. The first-order chi connectivity index (χ1) is 11.8. The number of nitrogens with zero attached hydrogens (tertiary/aromatic N) is 2. The number of carbonyl (C=O) groups excluding carboxylic acids is 1. The monoisotopic (exact) mass is 357 g/mol. The second kappa shape index (κ2) is 6.33. The first-order valence-electron chi connectivity index (χ1n) is 7.82. The van der Waals surface area contributed by atoms with Crippen molar-refractivity contribution in [2.75, 3.05) is 0 Å². The van der Waals surface area contributed by atoms with Crippen LogP contribution in [0.15, 0.2) is 24.3 Å². The highest BCUT2D eigenvalue weighted by molar-refractivity contribution is 7.20. The molecule has 2 N–H and O–H groups in total. The van der Waals surface area contributed by atoms with Gasteiger partial charge in [-0.3, -0.25) is 9.48 Å². The molecule has 3 rings (SSSR count). The van der Waals surface area contributed by atoms with Crippen LogP contribution >= 0.6 is 11.3 Å². The number of fused-ring (bicyclic) bond motifs is 1. The average molecular weight is 357 g/mol. The zero-order chi connectivity index (χ0) is 18.3. The van der Waals surface area contributed by atoms with Gasteiger partial charge in [-0.15, -0.1) is 11.3 Å². The molecule has 1 unspecified atom stereocenters. The Morgan fingerprint density at radius 2 is 2.00 bits per heavy atom. The SMILES string of the molecule is Cc1cccc(C(NC(=O)c2cc3c(C)nn(C)c3s2)C(=O)O)c1C. The smallest absolute Gasteiger partial charge is 0.330 e. The zero-order valence-electron chi connectivity index (χ0n) is 14.5. The molecule has 1 atom stereocenters. The number of thiophene rings is 1. The number of rotatable bonds is 4. The predicted molar refractivity (Wildman–Crippen MR) is 97.1 cm³/mol. The van der Waals surface area contributed by atoms with Gasteiger partial charge in [-0.25, -0.2) is 4.79 Å². The number of carbonyl (C=O) groups is 2. The molecule has 130 valence electrons. The topological polar surface area (TPSA) is 84.2 Å². The van der Waals surface area contributed by atoms with Crippen molar-refractivity contribution >= 4 is 33.4 Å². The lowest BCUT2D eigenvalue weighted by molar-refractivity contribution is -0.139. The van der Waals surface area contributed by atoms with Gasteiger partial charge in [-0.2, -0.15) is 5.10 Å². The Bertz CT molecular complexity index is 953. The second-order valence-electron chi connectivity index (χ2n) is 6.07. The maximum Gasteiger partial charge on any atom is 0.330 e. The van der Waals surface area contributed by atoms with Crippen molar-refractivity contribution in [1.82, 2.24) is 15.1 Å². The number of aromatic nitrogens is 2. The largest absolute Gasteiger partial charge is 0.479 e. The molecular weight excluding hydrogens is 338 g/mol. The molecule has 0 bridgehead atoms. The minimum Gasteiger partial charge on any atom is -0.479 e. The van der Waals surface area contributed by atoms with Crippen molar-refractivity contribution in [1.29, 1.82) is 0 Å². The summed E-state index contributed by atoms with van der Waals surface area (Å²) in [7, 11) is 1.82. The number of hydrogen-bond acceptors (Lipinski definition) is 4. The molecule has 2 aromatic heterocycles. The van der Waals surface area contributed by atoms with Crippen molar-refractivity contribution < 1.29 is 14.7 Å². The third-order valence-electron chi connectivity index (χ3n) is 4.40. The molecule has 25 heavy (non-hydrogen) atoms. The lowest BCUT2D eigenvalue weighted by atomic mass is 9.97. The van der Waals surface area contributed by atoms with Gasteiger partial charge in [0.15, 0.2) is 6.04 Å². The van der Waals surface area contributed by atoms with Crippen LogP contribution in [0, 0.1) is 20.8 Å². The highest BCUT2D eigenvalue weighted by atomic mass is 32.1.